The van der Waals surface area contributed by atoms with Crippen LogP contribution in [0, 0.1) is 0 Å². The lowest BCUT2D eigenvalue weighted by Crippen LogP contribution is -2.39. The van der Waals surface area contributed by atoms with Gasteiger partial charge in [0.15, 0.2) is 11.5 Å². The van der Waals surface area contributed by atoms with Gasteiger partial charge in [-0.1, -0.05) is 23.7 Å². The van der Waals surface area contributed by atoms with Crippen LogP contribution in [-0.2, 0) is 4.74 Å². The van der Waals surface area contributed by atoms with Crippen LogP contribution in [0.15, 0.2) is 48.7 Å². The van der Waals surface area contributed by atoms with E-state index in [0.29, 0.717) is 18.1 Å². The van der Waals surface area contributed by atoms with E-state index in [4.69, 9.17) is 25.8 Å². The average molecular weight is 385 g/mol. The molecular weight excluding hydrogens is 364 g/mol. The lowest BCUT2D eigenvalue weighted by molar-refractivity contribution is 0.0396. The number of morpholine rings is 1. The van der Waals surface area contributed by atoms with Gasteiger partial charge in [0.2, 0.25) is 0 Å². The van der Waals surface area contributed by atoms with Crippen molar-refractivity contribution < 1.29 is 14.2 Å². The number of hydrogen-bond donors (Lipinski definition) is 0. The number of aromatic nitrogens is 1. The summed E-state index contributed by atoms with van der Waals surface area (Å²) in [6, 6.07) is 13.8. The van der Waals surface area contributed by atoms with Crippen LogP contribution < -0.4 is 14.4 Å². The maximum Gasteiger partial charge on any atom is 0.161 e. The van der Waals surface area contributed by atoms with Crippen molar-refractivity contribution in [2.24, 2.45) is 0 Å². The molecule has 1 aromatic heterocycles. The molecule has 0 amide bonds. The Labute approximate surface area is 163 Å². The first kappa shape index (κ1) is 17.9. The topological polar surface area (TPSA) is 43.8 Å². The fourth-order valence-corrected chi connectivity index (χ4v) is 3.58. The molecule has 1 atom stereocenters. The van der Waals surface area contributed by atoms with Crippen molar-refractivity contribution in [3.63, 3.8) is 0 Å². The number of fused-ring (bicyclic) bond motifs is 1. The molecule has 140 valence electrons. The zero-order valence-electron chi connectivity index (χ0n) is 15.3. The molecule has 1 unspecified atom stereocenters. The van der Waals surface area contributed by atoms with E-state index >= 15 is 0 Å². The van der Waals surface area contributed by atoms with Crippen molar-refractivity contribution in [3.8, 4) is 11.5 Å². The molecule has 1 saturated heterocycles. The van der Waals surface area contributed by atoms with Crippen LogP contribution in [0.5, 0.6) is 11.5 Å². The lowest BCUT2D eigenvalue weighted by atomic mass is 10.1. The summed E-state index contributed by atoms with van der Waals surface area (Å²) < 4.78 is 16.9. The third-order valence-corrected chi connectivity index (χ3v) is 5.11. The maximum absolute atomic E-state index is 6.01. The first-order chi connectivity index (χ1) is 13.2. The Morgan fingerprint density at radius 3 is 2.56 bits per heavy atom. The van der Waals surface area contributed by atoms with Gasteiger partial charge < -0.3 is 19.1 Å². The molecule has 0 N–H and O–H groups in total. The monoisotopic (exact) mass is 384 g/mol. The van der Waals surface area contributed by atoms with E-state index in [9.17, 15) is 0 Å². The summed E-state index contributed by atoms with van der Waals surface area (Å²) in [7, 11) is 3.29. The molecule has 0 radical (unpaired) electrons. The largest absolute Gasteiger partial charge is 0.493 e. The van der Waals surface area contributed by atoms with Crippen LogP contribution in [0.3, 0.4) is 0 Å². The predicted octanol–water partition coefficient (Wildman–Crippen LogP) is 4.48. The van der Waals surface area contributed by atoms with Gasteiger partial charge in [-0.15, -0.1) is 0 Å². The molecule has 2 heterocycles. The molecule has 0 spiro atoms. The summed E-state index contributed by atoms with van der Waals surface area (Å²) in [5.41, 5.74) is 1.11. The number of pyridine rings is 1. The van der Waals surface area contributed by atoms with Crippen molar-refractivity contribution in [3.05, 3.63) is 59.2 Å². The van der Waals surface area contributed by atoms with Crippen LogP contribution >= 0.6 is 11.6 Å². The fourth-order valence-electron chi connectivity index (χ4n) is 3.46. The standard InChI is InChI=1S/C21H21ClN2O3/c1-25-18-11-15-7-8-23-21(17(15)12-19(18)26-2)24-9-10-27-20(13-24)14-3-5-16(22)6-4-14/h3-8,11-12,20H,9-10,13H2,1-2H3. The van der Waals surface area contributed by atoms with Gasteiger partial charge in [0.05, 0.1) is 20.8 Å². The number of rotatable bonds is 4. The second-order valence-electron chi connectivity index (χ2n) is 6.42. The van der Waals surface area contributed by atoms with E-state index in [1.165, 1.54) is 0 Å². The van der Waals surface area contributed by atoms with Gasteiger partial charge in [-0.3, -0.25) is 0 Å². The molecular formula is C21H21ClN2O3. The van der Waals surface area contributed by atoms with Crippen molar-refractivity contribution in [2.45, 2.75) is 6.10 Å². The molecule has 2 aromatic carbocycles. The van der Waals surface area contributed by atoms with E-state index in [1.807, 2.05) is 48.7 Å². The highest BCUT2D eigenvalue weighted by Gasteiger charge is 2.24. The number of benzene rings is 2. The summed E-state index contributed by atoms with van der Waals surface area (Å²) in [6.07, 6.45) is 1.81. The normalized spacial score (nSPS) is 17.1. The van der Waals surface area contributed by atoms with Gasteiger partial charge in [-0.2, -0.15) is 0 Å². The Morgan fingerprint density at radius 2 is 1.81 bits per heavy atom. The fraction of sp³-hybridized carbons (Fsp3) is 0.286. The van der Waals surface area contributed by atoms with E-state index < -0.39 is 0 Å². The lowest BCUT2D eigenvalue weighted by Gasteiger charge is -2.34. The molecule has 0 saturated carbocycles. The summed E-state index contributed by atoms with van der Waals surface area (Å²) in [4.78, 5) is 6.92. The zero-order chi connectivity index (χ0) is 18.8. The number of nitrogens with zero attached hydrogens (tertiary/aromatic N) is 2. The SMILES string of the molecule is COc1cc2ccnc(N3CCOC(c4ccc(Cl)cc4)C3)c2cc1OC. The highest BCUT2D eigenvalue weighted by atomic mass is 35.5. The Morgan fingerprint density at radius 1 is 1.07 bits per heavy atom. The minimum Gasteiger partial charge on any atom is -0.493 e. The minimum absolute atomic E-state index is 0.0202. The highest BCUT2D eigenvalue weighted by molar-refractivity contribution is 6.30. The zero-order valence-corrected chi connectivity index (χ0v) is 16.1. The second-order valence-corrected chi connectivity index (χ2v) is 6.86. The van der Waals surface area contributed by atoms with E-state index in [2.05, 4.69) is 9.88 Å². The Balaban J connectivity index is 1.69. The van der Waals surface area contributed by atoms with Crippen LogP contribution in [0.4, 0.5) is 5.82 Å². The summed E-state index contributed by atoms with van der Waals surface area (Å²) in [5.74, 6) is 2.33. The average Bonchev–Trinajstić information content (AvgIpc) is 2.72. The number of anilines is 1. The molecule has 1 fully saturated rings. The summed E-state index contributed by atoms with van der Waals surface area (Å²) in [5, 5.41) is 2.82. The van der Waals surface area contributed by atoms with Crippen molar-refractivity contribution in [1.82, 2.24) is 4.98 Å². The number of ether oxygens (including phenoxy) is 3. The maximum atomic E-state index is 6.01. The predicted molar refractivity (Wildman–Crippen MR) is 107 cm³/mol. The molecule has 6 heteroatoms. The van der Waals surface area contributed by atoms with Crippen LogP contribution in [0.1, 0.15) is 11.7 Å². The molecule has 3 aromatic rings. The molecule has 1 aliphatic heterocycles. The third kappa shape index (κ3) is 3.53. The van der Waals surface area contributed by atoms with E-state index in [0.717, 1.165) is 40.3 Å². The first-order valence-corrected chi connectivity index (χ1v) is 9.20. The molecule has 0 aliphatic carbocycles. The van der Waals surface area contributed by atoms with E-state index in [-0.39, 0.29) is 6.10 Å². The quantitative estimate of drug-likeness (QED) is 0.663. The molecule has 27 heavy (non-hydrogen) atoms. The van der Waals surface area contributed by atoms with Gasteiger partial charge in [-0.25, -0.2) is 4.98 Å². The summed E-state index contributed by atoms with van der Waals surface area (Å²) in [6.45, 7) is 2.14. The van der Waals surface area contributed by atoms with Gasteiger partial charge in [-0.05, 0) is 41.3 Å². The molecule has 5 nitrogen and oxygen atoms in total. The number of methoxy groups -OCH3 is 2. The summed E-state index contributed by atoms with van der Waals surface area (Å²) >= 11 is 6.01. The van der Waals surface area contributed by atoms with Crippen molar-refractivity contribution in [2.75, 3.05) is 38.8 Å². The van der Waals surface area contributed by atoms with Gasteiger partial charge >= 0.3 is 0 Å². The van der Waals surface area contributed by atoms with Crippen LogP contribution in [-0.4, -0.2) is 38.9 Å². The number of hydrogen-bond acceptors (Lipinski definition) is 5. The van der Waals surface area contributed by atoms with Gasteiger partial charge in [0.1, 0.15) is 11.9 Å². The third-order valence-electron chi connectivity index (χ3n) is 4.86. The van der Waals surface area contributed by atoms with Crippen molar-refractivity contribution in [1.29, 1.82) is 0 Å². The Bertz CT molecular complexity index is 946. The van der Waals surface area contributed by atoms with Crippen LogP contribution in [0.2, 0.25) is 5.02 Å². The second kappa shape index (κ2) is 7.62. The highest BCUT2D eigenvalue weighted by Crippen LogP contribution is 2.37. The van der Waals surface area contributed by atoms with Crippen molar-refractivity contribution >= 4 is 28.2 Å². The van der Waals surface area contributed by atoms with Gasteiger partial charge in [0, 0.05) is 29.7 Å². The van der Waals surface area contributed by atoms with Crippen LogP contribution in [0.25, 0.3) is 10.8 Å². The molecule has 4 rings (SSSR count). The smallest absolute Gasteiger partial charge is 0.161 e. The van der Waals surface area contributed by atoms with E-state index in [1.54, 1.807) is 14.2 Å². The minimum atomic E-state index is -0.0202. The molecule has 1 aliphatic rings. The first-order valence-electron chi connectivity index (χ1n) is 8.82. The molecule has 0 bridgehead atoms. The Hall–Kier alpha value is -2.50. The Kier molecular flexibility index (Phi) is 5.05. The van der Waals surface area contributed by atoms with Gasteiger partial charge in [0.25, 0.3) is 0 Å². The number of halogens is 1.